The Hall–Kier alpha value is -1.03. The molecule has 0 unspecified atom stereocenters. The molecule has 0 rings (SSSR count). The van der Waals surface area contributed by atoms with Crippen molar-refractivity contribution in [1.29, 1.82) is 0 Å². The smallest absolute Gasteiger partial charge is 0.404 e. The lowest BCUT2D eigenvalue weighted by Gasteiger charge is -2.33. The van der Waals surface area contributed by atoms with Crippen LogP contribution in [0.4, 0.5) is 4.79 Å². The van der Waals surface area contributed by atoms with Crippen LogP contribution in [-0.4, -0.2) is 29.0 Å². The molecule has 0 aliphatic rings. The zero-order valence-electron chi connectivity index (χ0n) is 9.49. The van der Waals surface area contributed by atoms with E-state index < -0.39 is 12.1 Å². The third-order valence-electron chi connectivity index (χ3n) is 2.65. The van der Waals surface area contributed by atoms with Crippen molar-refractivity contribution in [2.24, 2.45) is 5.41 Å². The maximum atomic E-state index is 10.5. The summed E-state index contributed by atoms with van der Waals surface area (Å²) in [6.45, 7) is 7.36. The second-order valence-electron chi connectivity index (χ2n) is 4.35. The Morgan fingerprint density at radius 2 is 2.20 bits per heavy atom. The van der Waals surface area contributed by atoms with Crippen LogP contribution in [0.2, 0.25) is 0 Å². The lowest BCUT2D eigenvalue weighted by Crippen LogP contribution is -2.47. The van der Waals surface area contributed by atoms with Crippen LogP contribution >= 0.6 is 0 Å². The van der Waals surface area contributed by atoms with Crippen LogP contribution in [0.5, 0.6) is 0 Å². The fourth-order valence-electron chi connectivity index (χ4n) is 1.51. The maximum Gasteiger partial charge on any atom is 0.404 e. The number of aliphatic hydroxyl groups excluding tert-OH is 1. The van der Waals surface area contributed by atoms with Crippen LogP contribution in [0.25, 0.3) is 0 Å². The Kier molecular flexibility index (Phi) is 6.01. The van der Waals surface area contributed by atoms with Crippen molar-refractivity contribution in [2.45, 2.75) is 39.2 Å². The molecule has 0 spiro atoms. The van der Waals surface area contributed by atoms with Crippen LogP contribution in [-0.2, 0) is 0 Å². The second-order valence-corrected chi connectivity index (χ2v) is 4.35. The van der Waals surface area contributed by atoms with E-state index in [1.54, 1.807) is 0 Å². The van der Waals surface area contributed by atoms with Gasteiger partial charge in [-0.25, -0.2) is 4.79 Å². The first-order valence-electron chi connectivity index (χ1n) is 5.15. The molecule has 1 amide bonds. The van der Waals surface area contributed by atoms with Gasteiger partial charge in [0, 0.05) is 0 Å². The number of carbonyl (C=O) groups is 1. The zero-order chi connectivity index (χ0) is 11.9. The molecule has 0 saturated heterocycles. The standard InChI is InChI=1S/C11H21NO3/c1-4-5-6-7-11(2,3)9(8-13)12-10(14)15/h4,9,12-13H,1,5-8H2,2-3H3,(H,14,15)/t9-/m1/s1. The van der Waals surface area contributed by atoms with Crippen LogP contribution in [0.1, 0.15) is 33.1 Å². The number of nitrogens with one attached hydrogen (secondary N) is 1. The van der Waals surface area contributed by atoms with Crippen molar-refractivity contribution < 1.29 is 15.0 Å². The van der Waals surface area contributed by atoms with Crippen molar-refractivity contribution in [1.82, 2.24) is 5.32 Å². The number of rotatable bonds is 7. The Morgan fingerprint density at radius 1 is 1.60 bits per heavy atom. The molecule has 0 heterocycles. The topological polar surface area (TPSA) is 69.6 Å². The Balaban J connectivity index is 4.23. The fourth-order valence-corrected chi connectivity index (χ4v) is 1.51. The zero-order valence-corrected chi connectivity index (χ0v) is 9.49. The number of aliphatic hydroxyl groups is 1. The average Bonchev–Trinajstić information content (AvgIpc) is 2.14. The van der Waals surface area contributed by atoms with Crippen LogP contribution < -0.4 is 5.32 Å². The predicted octanol–water partition coefficient (Wildman–Crippen LogP) is 2.00. The maximum absolute atomic E-state index is 10.5. The van der Waals surface area contributed by atoms with Gasteiger partial charge >= 0.3 is 6.09 Å². The Morgan fingerprint density at radius 3 is 2.60 bits per heavy atom. The van der Waals surface area contributed by atoms with Gasteiger partial charge in [-0.1, -0.05) is 19.9 Å². The molecular formula is C11H21NO3. The molecule has 0 aliphatic heterocycles. The number of hydrogen-bond acceptors (Lipinski definition) is 2. The predicted molar refractivity (Wildman–Crippen MR) is 59.9 cm³/mol. The molecule has 0 radical (unpaired) electrons. The van der Waals surface area contributed by atoms with E-state index >= 15 is 0 Å². The highest BCUT2D eigenvalue weighted by Crippen LogP contribution is 2.27. The molecule has 0 bridgehead atoms. The highest BCUT2D eigenvalue weighted by Gasteiger charge is 2.29. The van der Waals surface area contributed by atoms with E-state index in [0.717, 1.165) is 19.3 Å². The van der Waals surface area contributed by atoms with E-state index in [0.29, 0.717) is 0 Å². The third kappa shape index (κ3) is 5.42. The minimum atomic E-state index is -1.09. The van der Waals surface area contributed by atoms with Gasteiger partial charge in [-0.05, 0) is 24.7 Å². The highest BCUT2D eigenvalue weighted by atomic mass is 16.4. The number of hydrogen-bond donors (Lipinski definition) is 3. The van der Waals surface area contributed by atoms with Gasteiger partial charge in [0.05, 0.1) is 12.6 Å². The van der Waals surface area contributed by atoms with E-state index in [2.05, 4.69) is 11.9 Å². The highest BCUT2D eigenvalue weighted by molar-refractivity contribution is 5.65. The van der Waals surface area contributed by atoms with Gasteiger partial charge in [0.2, 0.25) is 0 Å². The Labute approximate surface area is 91.0 Å². The summed E-state index contributed by atoms with van der Waals surface area (Å²) in [5, 5.41) is 20.1. The molecule has 0 aliphatic carbocycles. The second kappa shape index (κ2) is 6.45. The minimum absolute atomic E-state index is 0.173. The number of amides is 1. The van der Waals surface area contributed by atoms with Gasteiger partial charge < -0.3 is 15.5 Å². The summed E-state index contributed by atoms with van der Waals surface area (Å²) in [7, 11) is 0. The monoisotopic (exact) mass is 215 g/mol. The SMILES string of the molecule is C=CCCCC(C)(C)[C@@H](CO)NC(=O)O. The lowest BCUT2D eigenvalue weighted by molar-refractivity contribution is 0.123. The number of carboxylic acid groups (broad SMARTS) is 1. The first-order valence-corrected chi connectivity index (χ1v) is 5.15. The third-order valence-corrected chi connectivity index (χ3v) is 2.65. The minimum Gasteiger partial charge on any atom is -0.465 e. The molecule has 88 valence electrons. The molecule has 4 nitrogen and oxygen atoms in total. The van der Waals surface area contributed by atoms with Crippen LogP contribution in [0.3, 0.4) is 0 Å². The van der Waals surface area contributed by atoms with Gasteiger partial charge in [0.15, 0.2) is 0 Å². The van der Waals surface area contributed by atoms with E-state index in [9.17, 15) is 4.79 Å². The van der Waals surface area contributed by atoms with Crippen LogP contribution in [0.15, 0.2) is 12.7 Å². The summed E-state index contributed by atoms with van der Waals surface area (Å²) in [6, 6.07) is -0.417. The summed E-state index contributed by atoms with van der Waals surface area (Å²) in [5.41, 5.74) is -0.240. The van der Waals surface area contributed by atoms with E-state index in [4.69, 9.17) is 10.2 Å². The summed E-state index contributed by atoms with van der Waals surface area (Å²) in [4.78, 5) is 10.5. The number of unbranched alkanes of at least 4 members (excludes halogenated alkanes) is 1. The molecule has 4 heteroatoms. The van der Waals surface area contributed by atoms with Crippen molar-refractivity contribution in [3.8, 4) is 0 Å². The van der Waals surface area contributed by atoms with Crippen molar-refractivity contribution >= 4 is 6.09 Å². The van der Waals surface area contributed by atoms with E-state index in [-0.39, 0.29) is 12.0 Å². The summed E-state index contributed by atoms with van der Waals surface area (Å²) >= 11 is 0. The molecule has 0 fully saturated rings. The van der Waals surface area contributed by atoms with E-state index in [1.807, 2.05) is 19.9 Å². The van der Waals surface area contributed by atoms with E-state index in [1.165, 1.54) is 0 Å². The quantitative estimate of drug-likeness (QED) is 0.449. The molecule has 0 aromatic rings. The van der Waals surface area contributed by atoms with Gasteiger partial charge in [-0.15, -0.1) is 6.58 Å². The molecule has 1 atom stereocenters. The van der Waals surface area contributed by atoms with Gasteiger partial charge in [-0.2, -0.15) is 0 Å². The average molecular weight is 215 g/mol. The van der Waals surface area contributed by atoms with Gasteiger partial charge in [0.25, 0.3) is 0 Å². The molecule has 0 aromatic carbocycles. The molecule has 0 saturated carbocycles. The van der Waals surface area contributed by atoms with Gasteiger partial charge in [-0.3, -0.25) is 0 Å². The first kappa shape index (κ1) is 14.0. The summed E-state index contributed by atoms with van der Waals surface area (Å²) in [6.07, 6.45) is 3.47. The first-order chi connectivity index (χ1) is 6.94. The number of allylic oxidation sites excluding steroid dienone is 1. The van der Waals surface area contributed by atoms with Crippen LogP contribution in [0, 0.1) is 5.41 Å². The van der Waals surface area contributed by atoms with Crippen molar-refractivity contribution in [3.63, 3.8) is 0 Å². The fraction of sp³-hybridized carbons (Fsp3) is 0.727. The molecular weight excluding hydrogens is 194 g/mol. The normalized spacial score (nSPS) is 13.3. The molecule has 15 heavy (non-hydrogen) atoms. The summed E-state index contributed by atoms with van der Waals surface area (Å²) < 4.78 is 0. The van der Waals surface area contributed by atoms with Gasteiger partial charge in [0.1, 0.15) is 0 Å². The summed E-state index contributed by atoms with van der Waals surface area (Å²) in [5.74, 6) is 0. The molecule has 3 N–H and O–H groups in total. The Bertz CT molecular complexity index is 214. The van der Waals surface area contributed by atoms with Crippen molar-refractivity contribution in [3.05, 3.63) is 12.7 Å². The lowest BCUT2D eigenvalue weighted by atomic mass is 9.80. The molecule has 0 aromatic heterocycles. The largest absolute Gasteiger partial charge is 0.465 e. The van der Waals surface area contributed by atoms with Crippen molar-refractivity contribution in [2.75, 3.05) is 6.61 Å².